The molecule has 4 heteroatoms. The summed E-state index contributed by atoms with van der Waals surface area (Å²) in [5.74, 6) is 0.545. The molecule has 0 aromatic carbocycles. The minimum Gasteiger partial charge on any atom is -0.444 e. The Bertz CT molecular complexity index is 275. The lowest BCUT2D eigenvalue weighted by Gasteiger charge is -2.33. The molecule has 1 amide bonds. The summed E-state index contributed by atoms with van der Waals surface area (Å²) in [6.07, 6.45) is 3.52. The van der Waals surface area contributed by atoms with Gasteiger partial charge in [0.15, 0.2) is 0 Å². The highest BCUT2D eigenvalue weighted by Gasteiger charge is 2.26. The Labute approximate surface area is 110 Å². The van der Waals surface area contributed by atoms with Crippen LogP contribution in [0.25, 0.3) is 0 Å². The van der Waals surface area contributed by atoms with Gasteiger partial charge in [-0.2, -0.15) is 0 Å². The van der Waals surface area contributed by atoms with E-state index in [-0.39, 0.29) is 6.09 Å². The van der Waals surface area contributed by atoms with Crippen LogP contribution in [0.2, 0.25) is 0 Å². The van der Waals surface area contributed by atoms with Crippen LogP contribution in [0, 0.1) is 5.92 Å². The number of piperidine rings is 1. The largest absolute Gasteiger partial charge is 0.444 e. The topological polar surface area (TPSA) is 38.8 Å². The van der Waals surface area contributed by atoms with Crippen molar-refractivity contribution in [1.29, 1.82) is 0 Å². The van der Waals surface area contributed by atoms with Crippen LogP contribution >= 0.6 is 0 Å². The fourth-order valence-corrected chi connectivity index (χ4v) is 1.93. The van der Waals surface area contributed by atoms with Crippen LogP contribution in [0.1, 0.15) is 33.6 Å². The van der Waals surface area contributed by atoms with Gasteiger partial charge >= 0.3 is 6.09 Å². The molecule has 0 radical (unpaired) electrons. The molecule has 1 rings (SSSR count). The number of nitrogens with zero attached hydrogens (tertiary/aromatic N) is 1. The van der Waals surface area contributed by atoms with Gasteiger partial charge in [0.1, 0.15) is 5.60 Å². The van der Waals surface area contributed by atoms with Crippen LogP contribution in [-0.2, 0) is 9.47 Å². The van der Waals surface area contributed by atoms with Crippen molar-refractivity contribution in [2.75, 3.05) is 26.3 Å². The van der Waals surface area contributed by atoms with Gasteiger partial charge in [-0.1, -0.05) is 6.08 Å². The molecule has 1 aliphatic heterocycles. The van der Waals surface area contributed by atoms with E-state index in [2.05, 4.69) is 6.58 Å². The van der Waals surface area contributed by atoms with Crippen LogP contribution in [0.4, 0.5) is 4.79 Å². The summed E-state index contributed by atoms with van der Waals surface area (Å²) >= 11 is 0. The van der Waals surface area contributed by atoms with Crippen molar-refractivity contribution < 1.29 is 14.3 Å². The minimum absolute atomic E-state index is 0.201. The fraction of sp³-hybridized carbons (Fsp3) is 0.786. The predicted octanol–water partition coefficient (Wildman–Crippen LogP) is 2.84. The third-order valence-electron chi connectivity index (χ3n) is 2.86. The fourth-order valence-electron chi connectivity index (χ4n) is 1.93. The highest BCUT2D eigenvalue weighted by atomic mass is 16.6. The summed E-state index contributed by atoms with van der Waals surface area (Å²) in [5, 5.41) is 0. The maximum atomic E-state index is 11.8. The molecular weight excluding hydrogens is 230 g/mol. The molecule has 0 bridgehead atoms. The van der Waals surface area contributed by atoms with Gasteiger partial charge in [0.25, 0.3) is 0 Å². The lowest BCUT2D eigenvalue weighted by Crippen LogP contribution is -2.42. The summed E-state index contributed by atoms with van der Waals surface area (Å²) in [5.41, 5.74) is -0.416. The van der Waals surface area contributed by atoms with Gasteiger partial charge in [-0.05, 0) is 39.5 Å². The molecule has 1 saturated heterocycles. The van der Waals surface area contributed by atoms with Gasteiger partial charge in [-0.3, -0.25) is 0 Å². The summed E-state index contributed by atoms with van der Waals surface area (Å²) in [6.45, 7) is 12.2. The highest BCUT2D eigenvalue weighted by molar-refractivity contribution is 5.68. The molecule has 1 heterocycles. The van der Waals surface area contributed by atoms with E-state index in [9.17, 15) is 4.79 Å². The number of carbonyl (C=O) groups is 1. The average molecular weight is 255 g/mol. The first-order valence-electron chi connectivity index (χ1n) is 6.59. The van der Waals surface area contributed by atoms with Gasteiger partial charge < -0.3 is 14.4 Å². The third-order valence-corrected chi connectivity index (χ3v) is 2.86. The number of amides is 1. The summed E-state index contributed by atoms with van der Waals surface area (Å²) < 4.78 is 10.8. The first-order chi connectivity index (χ1) is 8.42. The zero-order valence-corrected chi connectivity index (χ0v) is 11.8. The Kier molecular flexibility index (Phi) is 5.66. The summed E-state index contributed by atoms with van der Waals surface area (Å²) in [6, 6.07) is 0. The summed E-state index contributed by atoms with van der Waals surface area (Å²) in [4.78, 5) is 13.6. The second-order valence-corrected chi connectivity index (χ2v) is 5.74. The molecule has 0 aromatic heterocycles. The summed E-state index contributed by atoms with van der Waals surface area (Å²) in [7, 11) is 0. The lowest BCUT2D eigenvalue weighted by molar-refractivity contribution is 0.0131. The van der Waals surface area contributed by atoms with Crippen molar-refractivity contribution in [3.63, 3.8) is 0 Å². The van der Waals surface area contributed by atoms with E-state index in [4.69, 9.17) is 9.47 Å². The highest BCUT2D eigenvalue weighted by Crippen LogP contribution is 2.19. The Hall–Kier alpha value is -1.03. The minimum atomic E-state index is -0.416. The van der Waals surface area contributed by atoms with Gasteiger partial charge in [-0.15, -0.1) is 6.58 Å². The first-order valence-corrected chi connectivity index (χ1v) is 6.59. The van der Waals surface area contributed by atoms with E-state index in [0.29, 0.717) is 12.5 Å². The first kappa shape index (κ1) is 15.0. The van der Waals surface area contributed by atoms with E-state index in [1.807, 2.05) is 20.8 Å². The second-order valence-electron chi connectivity index (χ2n) is 5.74. The van der Waals surface area contributed by atoms with E-state index in [0.717, 1.165) is 32.5 Å². The van der Waals surface area contributed by atoms with Gasteiger partial charge in [0.05, 0.1) is 6.61 Å². The Morgan fingerprint density at radius 3 is 2.50 bits per heavy atom. The molecular formula is C14H25NO3. The van der Waals surface area contributed by atoms with Gasteiger partial charge in [-0.25, -0.2) is 4.79 Å². The van der Waals surface area contributed by atoms with E-state index < -0.39 is 5.60 Å². The molecule has 0 spiro atoms. The SMILES string of the molecule is C=CCOCC1CCN(C(=O)OC(C)(C)C)CC1. The number of hydrogen-bond acceptors (Lipinski definition) is 3. The van der Waals surface area contributed by atoms with Crippen LogP contribution < -0.4 is 0 Å². The molecule has 1 fully saturated rings. The van der Waals surface area contributed by atoms with E-state index >= 15 is 0 Å². The van der Waals surface area contributed by atoms with Crippen molar-refractivity contribution in [2.45, 2.75) is 39.2 Å². The van der Waals surface area contributed by atoms with Crippen molar-refractivity contribution in [1.82, 2.24) is 4.90 Å². The number of likely N-dealkylation sites (tertiary alicyclic amines) is 1. The van der Waals surface area contributed by atoms with Crippen LogP contribution in [0.5, 0.6) is 0 Å². The standard InChI is InChI=1S/C14H25NO3/c1-5-10-17-11-12-6-8-15(9-7-12)13(16)18-14(2,3)4/h5,12H,1,6-11H2,2-4H3. The zero-order valence-electron chi connectivity index (χ0n) is 11.8. The Morgan fingerprint density at radius 1 is 1.39 bits per heavy atom. The number of ether oxygens (including phenoxy) is 2. The van der Waals surface area contributed by atoms with Crippen LogP contribution in [0.3, 0.4) is 0 Å². The van der Waals surface area contributed by atoms with E-state index in [1.54, 1.807) is 11.0 Å². The lowest BCUT2D eigenvalue weighted by atomic mass is 9.98. The second kappa shape index (κ2) is 6.78. The normalized spacial score (nSPS) is 17.6. The van der Waals surface area contributed by atoms with Crippen LogP contribution in [0.15, 0.2) is 12.7 Å². The maximum absolute atomic E-state index is 11.8. The average Bonchev–Trinajstić information content (AvgIpc) is 2.28. The molecule has 1 aliphatic rings. The predicted molar refractivity (Wildman–Crippen MR) is 71.5 cm³/mol. The monoisotopic (exact) mass is 255 g/mol. The molecule has 0 unspecified atom stereocenters. The molecule has 0 aromatic rings. The van der Waals surface area contributed by atoms with Gasteiger partial charge in [0.2, 0.25) is 0 Å². The third kappa shape index (κ3) is 5.54. The van der Waals surface area contributed by atoms with Crippen molar-refractivity contribution in [3.8, 4) is 0 Å². The maximum Gasteiger partial charge on any atom is 0.410 e. The molecule has 0 N–H and O–H groups in total. The Balaban J connectivity index is 2.26. The molecule has 104 valence electrons. The number of rotatable bonds is 4. The number of hydrogen-bond donors (Lipinski definition) is 0. The van der Waals surface area contributed by atoms with E-state index in [1.165, 1.54) is 0 Å². The molecule has 4 nitrogen and oxygen atoms in total. The zero-order chi connectivity index (χ0) is 13.6. The van der Waals surface area contributed by atoms with Crippen molar-refractivity contribution in [2.24, 2.45) is 5.92 Å². The van der Waals surface area contributed by atoms with Crippen LogP contribution in [-0.4, -0.2) is 42.9 Å². The quantitative estimate of drug-likeness (QED) is 0.573. The Morgan fingerprint density at radius 2 is 2.00 bits per heavy atom. The molecule has 18 heavy (non-hydrogen) atoms. The van der Waals surface area contributed by atoms with Crippen molar-refractivity contribution in [3.05, 3.63) is 12.7 Å². The molecule has 0 atom stereocenters. The number of carbonyl (C=O) groups excluding carboxylic acids is 1. The smallest absolute Gasteiger partial charge is 0.410 e. The van der Waals surface area contributed by atoms with Crippen molar-refractivity contribution >= 4 is 6.09 Å². The van der Waals surface area contributed by atoms with Gasteiger partial charge in [0, 0.05) is 19.7 Å². The molecule has 0 aliphatic carbocycles. The molecule has 0 saturated carbocycles.